The van der Waals surface area contributed by atoms with E-state index in [9.17, 15) is 0 Å². The van der Waals surface area contributed by atoms with Crippen LogP contribution in [0.5, 0.6) is 0 Å². The van der Waals surface area contributed by atoms with Gasteiger partial charge in [0.1, 0.15) is 0 Å². The van der Waals surface area contributed by atoms with E-state index in [1.165, 1.54) is 18.4 Å². The number of aromatic nitrogens is 2. The van der Waals surface area contributed by atoms with Gasteiger partial charge in [-0.2, -0.15) is 5.10 Å². The van der Waals surface area contributed by atoms with Gasteiger partial charge in [-0.1, -0.05) is 13.3 Å². The number of nitrogens with zero attached hydrogens (tertiary/aromatic N) is 2. The van der Waals surface area contributed by atoms with E-state index >= 15 is 0 Å². The number of aryl methyl sites for hydroxylation is 1. The Hall–Kier alpha value is -0.870. The van der Waals surface area contributed by atoms with Gasteiger partial charge in [-0.25, -0.2) is 0 Å². The van der Waals surface area contributed by atoms with Crippen molar-refractivity contribution < 1.29 is 4.74 Å². The molecule has 0 radical (unpaired) electrons. The first-order valence-electron chi connectivity index (χ1n) is 6.43. The van der Waals surface area contributed by atoms with Crippen LogP contribution in [0.1, 0.15) is 44.0 Å². The van der Waals surface area contributed by atoms with Crippen molar-refractivity contribution in [1.29, 1.82) is 0 Å². The van der Waals surface area contributed by atoms with Crippen LogP contribution in [0.25, 0.3) is 0 Å². The third-order valence-electron chi connectivity index (χ3n) is 2.97. The Bertz CT molecular complexity index is 322. The molecular weight excluding hydrogens is 214 g/mol. The van der Waals surface area contributed by atoms with Crippen LogP contribution in [0.4, 0.5) is 0 Å². The fourth-order valence-electron chi connectivity index (χ4n) is 1.87. The summed E-state index contributed by atoms with van der Waals surface area (Å²) in [6.45, 7) is 9.00. The smallest absolute Gasteiger partial charge is 0.0638 e. The Labute approximate surface area is 104 Å². The number of hydrogen-bond donors (Lipinski definition) is 1. The SMILES string of the molecule is CCCC(C)n1cc(CNCCOC)c(C)n1. The second-order valence-electron chi connectivity index (χ2n) is 4.53. The molecule has 0 aliphatic carbocycles. The maximum absolute atomic E-state index is 5.00. The summed E-state index contributed by atoms with van der Waals surface area (Å²) in [5.74, 6) is 0. The van der Waals surface area contributed by atoms with Crippen molar-refractivity contribution >= 4 is 0 Å². The lowest BCUT2D eigenvalue weighted by molar-refractivity contribution is 0.199. The van der Waals surface area contributed by atoms with Crippen molar-refractivity contribution in [2.24, 2.45) is 0 Å². The minimum Gasteiger partial charge on any atom is -0.383 e. The number of ether oxygens (including phenoxy) is 1. The lowest BCUT2D eigenvalue weighted by atomic mass is 10.2. The number of methoxy groups -OCH3 is 1. The standard InChI is InChI=1S/C13H25N3O/c1-5-6-11(2)16-10-13(12(3)15-16)9-14-7-8-17-4/h10-11,14H,5-9H2,1-4H3. The van der Waals surface area contributed by atoms with Crippen LogP contribution < -0.4 is 5.32 Å². The highest BCUT2D eigenvalue weighted by molar-refractivity contribution is 5.15. The van der Waals surface area contributed by atoms with Gasteiger partial charge in [0.05, 0.1) is 12.3 Å². The van der Waals surface area contributed by atoms with Crippen molar-refractivity contribution in [3.05, 3.63) is 17.5 Å². The van der Waals surface area contributed by atoms with Gasteiger partial charge in [0.2, 0.25) is 0 Å². The van der Waals surface area contributed by atoms with Crippen molar-refractivity contribution in [2.45, 2.75) is 46.2 Å². The maximum Gasteiger partial charge on any atom is 0.0638 e. The highest BCUT2D eigenvalue weighted by Crippen LogP contribution is 2.15. The van der Waals surface area contributed by atoms with E-state index in [2.05, 4.69) is 42.1 Å². The average Bonchev–Trinajstić information content (AvgIpc) is 2.67. The third kappa shape index (κ3) is 4.48. The normalized spacial score (nSPS) is 12.9. The van der Waals surface area contributed by atoms with Gasteiger partial charge in [0.25, 0.3) is 0 Å². The third-order valence-corrected chi connectivity index (χ3v) is 2.97. The Morgan fingerprint density at radius 3 is 2.94 bits per heavy atom. The Morgan fingerprint density at radius 1 is 1.53 bits per heavy atom. The predicted octanol–water partition coefficient (Wildman–Crippen LogP) is 2.29. The summed E-state index contributed by atoms with van der Waals surface area (Å²) in [5.41, 5.74) is 2.40. The lowest BCUT2D eigenvalue weighted by Crippen LogP contribution is -2.18. The zero-order valence-corrected chi connectivity index (χ0v) is 11.5. The van der Waals surface area contributed by atoms with E-state index in [1.54, 1.807) is 7.11 Å². The van der Waals surface area contributed by atoms with Crippen molar-refractivity contribution in [3.63, 3.8) is 0 Å². The fraction of sp³-hybridized carbons (Fsp3) is 0.769. The van der Waals surface area contributed by atoms with E-state index in [4.69, 9.17) is 4.74 Å². The summed E-state index contributed by atoms with van der Waals surface area (Å²) >= 11 is 0. The van der Waals surface area contributed by atoms with Crippen LogP contribution in [0.15, 0.2) is 6.20 Å². The topological polar surface area (TPSA) is 39.1 Å². The van der Waals surface area contributed by atoms with Crippen LogP contribution in [-0.4, -0.2) is 30.0 Å². The van der Waals surface area contributed by atoms with Crippen LogP contribution in [-0.2, 0) is 11.3 Å². The maximum atomic E-state index is 5.00. The van der Waals surface area contributed by atoms with E-state index in [1.807, 2.05) is 0 Å². The zero-order valence-electron chi connectivity index (χ0n) is 11.5. The molecule has 4 nitrogen and oxygen atoms in total. The summed E-state index contributed by atoms with van der Waals surface area (Å²) in [6, 6.07) is 0.492. The second-order valence-corrected chi connectivity index (χ2v) is 4.53. The van der Waals surface area contributed by atoms with Crippen LogP contribution in [0.2, 0.25) is 0 Å². The van der Waals surface area contributed by atoms with E-state index in [-0.39, 0.29) is 0 Å². The van der Waals surface area contributed by atoms with Crippen molar-refractivity contribution in [2.75, 3.05) is 20.3 Å². The predicted molar refractivity (Wildman–Crippen MR) is 70.2 cm³/mol. The van der Waals surface area contributed by atoms with Gasteiger partial charge < -0.3 is 10.1 Å². The molecule has 0 aliphatic heterocycles. The van der Waals surface area contributed by atoms with Gasteiger partial charge in [-0.3, -0.25) is 4.68 Å². The Morgan fingerprint density at radius 2 is 2.29 bits per heavy atom. The monoisotopic (exact) mass is 239 g/mol. The molecule has 1 unspecified atom stereocenters. The van der Waals surface area contributed by atoms with Gasteiger partial charge in [-0.05, 0) is 20.3 Å². The molecule has 17 heavy (non-hydrogen) atoms. The van der Waals surface area contributed by atoms with Crippen LogP contribution in [0.3, 0.4) is 0 Å². The first-order chi connectivity index (χ1) is 8.19. The Balaban J connectivity index is 2.49. The Kier molecular flexibility index (Phi) is 6.22. The molecule has 0 fully saturated rings. The molecule has 1 aromatic heterocycles. The molecule has 0 saturated carbocycles. The molecule has 0 spiro atoms. The highest BCUT2D eigenvalue weighted by Gasteiger charge is 2.08. The molecule has 1 heterocycles. The second kappa shape index (κ2) is 7.45. The molecule has 0 bridgehead atoms. The van der Waals surface area contributed by atoms with Crippen molar-refractivity contribution in [1.82, 2.24) is 15.1 Å². The molecule has 0 aromatic carbocycles. The molecule has 98 valence electrons. The average molecular weight is 239 g/mol. The highest BCUT2D eigenvalue weighted by atomic mass is 16.5. The van der Waals surface area contributed by atoms with Crippen LogP contribution in [0, 0.1) is 6.92 Å². The first kappa shape index (κ1) is 14.2. The summed E-state index contributed by atoms with van der Waals surface area (Å²) in [7, 11) is 1.72. The summed E-state index contributed by atoms with van der Waals surface area (Å²) in [6.07, 6.45) is 4.54. The van der Waals surface area contributed by atoms with E-state index in [0.29, 0.717) is 6.04 Å². The summed E-state index contributed by atoms with van der Waals surface area (Å²) < 4.78 is 7.09. The quantitative estimate of drug-likeness (QED) is 0.707. The molecule has 1 atom stereocenters. The number of rotatable bonds is 8. The zero-order chi connectivity index (χ0) is 12.7. The van der Waals surface area contributed by atoms with Gasteiger partial charge in [0, 0.05) is 38.0 Å². The summed E-state index contributed by atoms with van der Waals surface area (Å²) in [4.78, 5) is 0. The lowest BCUT2D eigenvalue weighted by Gasteiger charge is -2.09. The van der Waals surface area contributed by atoms with Crippen LogP contribution >= 0.6 is 0 Å². The minimum atomic E-state index is 0.492. The fourth-order valence-corrected chi connectivity index (χ4v) is 1.87. The molecular formula is C13H25N3O. The molecule has 1 rings (SSSR count). The number of hydrogen-bond acceptors (Lipinski definition) is 3. The first-order valence-corrected chi connectivity index (χ1v) is 6.43. The molecule has 1 aromatic rings. The van der Waals surface area contributed by atoms with E-state index < -0.39 is 0 Å². The molecule has 4 heteroatoms. The summed E-state index contributed by atoms with van der Waals surface area (Å²) in [5, 5.41) is 7.92. The number of nitrogens with one attached hydrogen (secondary N) is 1. The molecule has 1 N–H and O–H groups in total. The molecule has 0 amide bonds. The van der Waals surface area contributed by atoms with Gasteiger partial charge in [-0.15, -0.1) is 0 Å². The van der Waals surface area contributed by atoms with E-state index in [0.717, 1.165) is 25.4 Å². The minimum absolute atomic E-state index is 0.492. The molecule has 0 aliphatic rings. The van der Waals surface area contributed by atoms with Gasteiger partial charge in [0.15, 0.2) is 0 Å². The van der Waals surface area contributed by atoms with Gasteiger partial charge >= 0.3 is 0 Å². The van der Waals surface area contributed by atoms with Crippen molar-refractivity contribution in [3.8, 4) is 0 Å². The molecule has 0 saturated heterocycles. The largest absolute Gasteiger partial charge is 0.383 e.